The number of benzene rings is 1. The third kappa shape index (κ3) is 5.03. The van der Waals surface area contributed by atoms with Gasteiger partial charge in [0.1, 0.15) is 11.5 Å². The molecule has 34 heavy (non-hydrogen) atoms. The molecule has 2 amide bonds. The van der Waals surface area contributed by atoms with Crippen LogP contribution in [0.15, 0.2) is 30.5 Å². The van der Waals surface area contributed by atoms with Crippen LogP contribution in [0.1, 0.15) is 59.7 Å². The van der Waals surface area contributed by atoms with Crippen LogP contribution >= 0.6 is 11.6 Å². The van der Waals surface area contributed by atoms with Crippen molar-refractivity contribution in [1.29, 1.82) is 0 Å². The van der Waals surface area contributed by atoms with Gasteiger partial charge in [0.15, 0.2) is 0 Å². The van der Waals surface area contributed by atoms with Crippen LogP contribution in [-0.2, 0) is 0 Å². The summed E-state index contributed by atoms with van der Waals surface area (Å²) in [6, 6.07) is 8.22. The molecule has 2 saturated heterocycles. The van der Waals surface area contributed by atoms with Gasteiger partial charge >= 0.3 is 0 Å². The van der Waals surface area contributed by atoms with Crippen LogP contribution < -0.4 is 10.6 Å². The van der Waals surface area contributed by atoms with Crippen molar-refractivity contribution in [2.75, 3.05) is 31.1 Å². The van der Waals surface area contributed by atoms with E-state index in [2.05, 4.69) is 33.6 Å². The summed E-state index contributed by atoms with van der Waals surface area (Å²) in [6.07, 6.45) is 4.43. The number of nitrogens with two attached hydrogens (primary N) is 1. The molecule has 0 aliphatic carbocycles. The van der Waals surface area contributed by atoms with Gasteiger partial charge in [-0.2, -0.15) is 0 Å². The number of anilines is 1. The van der Waals surface area contributed by atoms with Crippen LogP contribution in [0.3, 0.4) is 0 Å². The van der Waals surface area contributed by atoms with Crippen LogP contribution in [0, 0.1) is 6.92 Å². The van der Waals surface area contributed by atoms with Crippen LogP contribution in [0.25, 0.3) is 0 Å². The molecule has 4 rings (SSSR count). The van der Waals surface area contributed by atoms with Crippen LogP contribution in [-0.4, -0.2) is 75.9 Å². The highest BCUT2D eigenvalue weighted by Crippen LogP contribution is 2.29. The summed E-state index contributed by atoms with van der Waals surface area (Å²) in [5.74, 6) is 0.333. The fourth-order valence-corrected chi connectivity index (χ4v) is 5.35. The summed E-state index contributed by atoms with van der Waals surface area (Å²) in [5, 5.41) is 0.638. The summed E-state index contributed by atoms with van der Waals surface area (Å²) >= 11 is 5.96. The average molecular weight is 485 g/mol. The standard InChI is InChI=1S/C25H33ClN6O2/c1-4-20-15-31(24-17(3)29-22(13-28-24)23(27)33)16(2)14-32(20)21-9-11-30(12-10-21)25(34)18-5-7-19(26)8-6-18/h5-8,13,16,20-21H,4,9-12,14-15H2,1-3H3,(H2,27,33)/t16-,20+/m1/s1. The van der Waals surface area contributed by atoms with E-state index >= 15 is 0 Å². The third-order valence-corrected chi connectivity index (χ3v) is 7.36. The summed E-state index contributed by atoms with van der Waals surface area (Å²) in [6.45, 7) is 9.61. The molecule has 1 aromatic carbocycles. The molecule has 8 nitrogen and oxygen atoms in total. The van der Waals surface area contributed by atoms with Crippen LogP contribution in [0.5, 0.6) is 0 Å². The quantitative estimate of drug-likeness (QED) is 0.700. The highest BCUT2D eigenvalue weighted by molar-refractivity contribution is 6.30. The second-order valence-corrected chi connectivity index (χ2v) is 9.76. The van der Waals surface area contributed by atoms with Gasteiger partial charge in [0.25, 0.3) is 11.8 Å². The van der Waals surface area contributed by atoms with Crippen molar-refractivity contribution < 1.29 is 9.59 Å². The Morgan fingerprint density at radius 3 is 2.41 bits per heavy atom. The minimum absolute atomic E-state index is 0.0776. The minimum atomic E-state index is -0.563. The number of halogens is 1. The summed E-state index contributed by atoms with van der Waals surface area (Å²) in [7, 11) is 0. The van der Waals surface area contributed by atoms with Gasteiger partial charge in [0.05, 0.1) is 11.9 Å². The van der Waals surface area contributed by atoms with Gasteiger partial charge in [-0.15, -0.1) is 0 Å². The Kier molecular flexibility index (Phi) is 7.38. The first-order valence-corrected chi connectivity index (χ1v) is 12.4. The maximum atomic E-state index is 12.9. The van der Waals surface area contributed by atoms with Crippen molar-refractivity contribution in [2.24, 2.45) is 5.73 Å². The van der Waals surface area contributed by atoms with E-state index in [1.54, 1.807) is 24.3 Å². The average Bonchev–Trinajstić information content (AvgIpc) is 2.84. The number of piperidine rings is 1. The van der Waals surface area contributed by atoms with Gasteiger partial charge in [-0.3, -0.25) is 14.5 Å². The maximum Gasteiger partial charge on any atom is 0.268 e. The van der Waals surface area contributed by atoms with Crippen molar-refractivity contribution in [3.8, 4) is 0 Å². The molecule has 1 aromatic heterocycles. The van der Waals surface area contributed by atoms with E-state index in [9.17, 15) is 9.59 Å². The van der Waals surface area contributed by atoms with E-state index < -0.39 is 5.91 Å². The lowest BCUT2D eigenvalue weighted by Gasteiger charge is -2.50. The Balaban J connectivity index is 1.41. The van der Waals surface area contributed by atoms with Crippen molar-refractivity contribution in [1.82, 2.24) is 19.8 Å². The second kappa shape index (κ2) is 10.3. The summed E-state index contributed by atoms with van der Waals surface area (Å²) in [5.41, 5.74) is 6.97. The molecule has 2 aromatic rings. The largest absolute Gasteiger partial charge is 0.364 e. The fraction of sp³-hybridized carbons (Fsp3) is 0.520. The molecule has 0 bridgehead atoms. The topological polar surface area (TPSA) is 95.7 Å². The Morgan fingerprint density at radius 2 is 1.82 bits per heavy atom. The van der Waals surface area contributed by atoms with Gasteiger partial charge < -0.3 is 15.5 Å². The third-order valence-electron chi connectivity index (χ3n) is 7.11. The van der Waals surface area contributed by atoms with E-state index in [4.69, 9.17) is 17.3 Å². The number of likely N-dealkylation sites (tertiary alicyclic amines) is 1. The monoisotopic (exact) mass is 484 g/mol. The van der Waals surface area contributed by atoms with E-state index in [1.165, 1.54) is 6.20 Å². The van der Waals surface area contributed by atoms with Gasteiger partial charge in [-0.25, -0.2) is 9.97 Å². The first kappa shape index (κ1) is 24.4. The number of rotatable bonds is 5. The SMILES string of the molecule is CC[C@H]1CN(c2ncc(C(N)=O)nc2C)[C@H](C)CN1C1CCN(C(=O)c2ccc(Cl)cc2)CC1. The first-order chi connectivity index (χ1) is 16.3. The molecule has 2 aliphatic rings. The van der Waals surface area contributed by atoms with Gasteiger partial charge in [0.2, 0.25) is 0 Å². The lowest BCUT2D eigenvalue weighted by molar-refractivity contribution is 0.0434. The van der Waals surface area contributed by atoms with E-state index in [0.717, 1.165) is 57.0 Å². The number of aromatic nitrogens is 2. The van der Waals surface area contributed by atoms with Gasteiger partial charge in [-0.05, 0) is 57.4 Å². The Bertz CT molecular complexity index is 1040. The zero-order chi connectivity index (χ0) is 24.4. The normalized spacial score (nSPS) is 22.1. The van der Waals surface area contributed by atoms with Crippen molar-refractivity contribution in [3.05, 3.63) is 52.4 Å². The molecule has 3 heterocycles. The highest BCUT2D eigenvalue weighted by Gasteiger charge is 2.37. The summed E-state index contributed by atoms with van der Waals surface area (Å²) < 4.78 is 0. The van der Waals surface area contributed by atoms with E-state index in [1.807, 2.05) is 11.8 Å². The molecule has 2 N–H and O–H groups in total. The van der Waals surface area contributed by atoms with E-state index in [0.29, 0.717) is 22.7 Å². The number of primary amides is 1. The molecule has 9 heteroatoms. The molecule has 0 spiro atoms. The molecule has 2 fully saturated rings. The molecule has 182 valence electrons. The molecule has 0 unspecified atom stereocenters. The second-order valence-electron chi connectivity index (χ2n) is 9.32. The van der Waals surface area contributed by atoms with Gasteiger partial charge in [0, 0.05) is 54.9 Å². The van der Waals surface area contributed by atoms with Crippen molar-refractivity contribution >= 4 is 29.2 Å². The lowest BCUT2D eigenvalue weighted by Crippen LogP contribution is -2.62. The van der Waals surface area contributed by atoms with Crippen LogP contribution in [0.2, 0.25) is 5.02 Å². The lowest BCUT2D eigenvalue weighted by atomic mass is 9.96. The number of piperazine rings is 1. The zero-order valence-corrected chi connectivity index (χ0v) is 20.8. The predicted octanol–water partition coefficient (Wildman–Crippen LogP) is 3.13. The Hall–Kier alpha value is -2.71. The molecular weight excluding hydrogens is 452 g/mol. The number of hydrogen-bond donors (Lipinski definition) is 1. The predicted molar refractivity (Wildman–Crippen MR) is 133 cm³/mol. The van der Waals surface area contributed by atoms with Crippen LogP contribution in [0.4, 0.5) is 5.82 Å². The highest BCUT2D eigenvalue weighted by atomic mass is 35.5. The molecule has 2 atom stereocenters. The van der Waals surface area contributed by atoms with Gasteiger partial charge in [-0.1, -0.05) is 18.5 Å². The first-order valence-electron chi connectivity index (χ1n) is 12.0. The number of aryl methyl sites for hydroxylation is 1. The summed E-state index contributed by atoms with van der Waals surface area (Å²) in [4.78, 5) is 40.1. The Morgan fingerprint density at radius 1 is 1.15 bits per heavy atom. The number of carbonyl (C=O) groups is 2. The van der Waals surface area contributed by atoms with Crippen molar-refractivity contribution in [2.45, 2.75) is 58.2 Å². The fourth-order valence-electron chi connectivity index (χ4n) is 5.22. The molecule has 0 radical (unpaired) electrons. The number of hydrogen-bond acceptors (Lipinski definition) is 6. The number of carbonyl (C=O) groups excluding carboxylic acids is 2. The number of nitrogens with zero attached hydrogens (tertiary/aromatic N) is 5. The zero-order valence-electron chi connectivity index (χ0n) is 20.1. The number of amides is 2. The molecule has 0 saturated carbocycles. The minimum Gasteiger partial charge on any atom is -0.364 e. The Labute approximate surface area is 206 Å². The molecule has 2 aliphatic heterocycles. The molecular formula is C25H33ClN6O2. The maximum absolute atomic E-state index is 12.9. The van der Waals surface area contributed by atoms with E-state index in [-0.39, 0.29) is 17.6 Å². The van der Waals surface area contributed by atoms with Crippen molar-refractivity contribution in [3.63, 3.8) is 0 Å². The smallest absolute Gasteiger partial charge is 0.268 e.